The van der Waals surface area contributed by atoms with Crippen LogP contribution in [0.1, 0.15) is 18.9 Å². The molecule has 1 saturated heterocycles. The van der Waals surface area contributed by atoms with Crippen molar-refractivity contribution in [3.63, 3.8) is 0 Å². The van der Waals surface area contributed by atoms with Crippen LogP contribution in [0.4, 0.5) is 5.69 Å². The highest BCUT2D eigenvalue weighted by Crippen LogP contribution is 2.31. The van der Waals surface area contributed by atoms with Crippen molar-refractivity contribution >= 4 is 28.5 Å². The Kier molecular flexibility index (Phi) is 4.86. The van der Waals surface area contributed by atoms with E-state index in [4.69, 9.17) is 4.74 Å². The number of rotatable bonds is 4. The zero-order valence-corrected chi connectivity index (χ0v) is 12.8. The van der Waals surface area contributed by atoms with Gasteiger partial charge in [-0.1, -0.05) is 11.8 Å². The quantitative estimate of drug-likeness (QED) is 0.853. The Morgan fingerprint density at radius 3 is 2.95 bits per heavy atom. The van der Waals surface area contributed by atoms with E-state index in [1.54, 1.807) is 23.1 Å². The predicted molar refractivity (Wildman–Crippen MR) is 81.3 cm³/mol. The van der Waals surface area contributed by atoms with Gasteiger partial charge in [0, 0.05) is 25.6 Å². The number of hydrogen-bond acceptors (Lipinski definition) is 5. The van der Waals surface area contributed by atoms with Gasteiger partial charge in [-0.15, -0.1) is 0 Å². The highest BCUT2D eigenvalue weighted by atomic mass is 32.2. The van der Waals surface area contributed by atoms with Crippen LogP contribution in [-0.2, 0) is 9.59 Å². The summed E-state index contributed by atoms with van der Waals surface area (Å²) in [5.74, 6) is 1.35. The van der Waals surface area contributed by atoms with Crippen molar-refractivity contribution in [1.82, 2.24) is 0 Å². The van der Waals surface area contributed by atoms with Crippen LogP contribution >= 0.6 is 11.8 Å². The molecule has 1 heterocycles. The SMILES string of the molecule is COc1ccc(N2CC(CSC(C)=O)CC2=O)c(C#N)c1. The molecule has 110 valence electrons. The Balaban J connectivity index is 2.17. The van der Waals surface area contributed by atoms with Gasteiger partial charge in [0.25, 0.3) is 0 Å². The number of carbonyl (C=O) groups excluding carboxylic acids is 2. The average Bonchev–Trinajstić information content (AvgIpc) is 2.85. The summed E-state index contributed by atoms with van der Waals surface area (Å²) < 4.78 is 5.09. The van der Waals surface area contributed by atoms with Crippen LogP contribution in [0.2, 0.25) is 0 Å². The highest BCUT2D eigenvalue weighted by Gasteiger charge is 2.32. The molecule has 2 rings (SSSR count). The molecule has 21 heavy (non-hydrogen) atoms. The summed E-state index contributed by atoms with van der Waals surface area (Å²) in [6, 6.07) is 7.19. The summed E-state index contributed by atoms with van der Waals surface area (Å²) in [6.07, 6.45) is 0.414. The number of amides is 1. The van der Waals surface area contributed by atoms with E-state index in [0.717, 1.165) is 0 Å². The number of methoxy groups -OCH3 is 1. The lowest BCUT2D eigenvalue weighted by Gasteiger charge is -2.18. The first kappa shape index (κ1) is 15.4. The summed E-state index contributed by atoms with van der Waals surface area (Å²) in [6.45, 7) is 2.07. The minimum absolute atomic E-state index is 0.00850. The fourth-order valence-corrected chi connectivity index (χ4v) is 3.02. The molecule has 0 spiro atoms. The maximum absolute atomic E-state index is 12.1. The first-order chi connectivity index (χ1) is 10.0. The zero-order valence-electron chi connectivity index (χ0n) is 12.0. The number of benzene rings is 1. The summed E-state index contributed by atoms with van der Waals surface area (Å²) in [4.78, 5) is 24.8. The molecule has 5 nitrogen and oxygen atoms in total. The lowest BCUT2D eigenvalue weighted by Crippen LogP contribution is -2.25. The molecular formula is C15H16N2O3S. The van der Waals surface area contributed by atoms with E-state index >= 15 is 0 Å². The summed E-state index contributed by atoms with van der Waals surface area (Å²) in [5.41, 5.74) is 1.03. The van der Waals surface area contributed by atoms with Crippen LogP contribution in [0.25, 0.3) is 0 Å². The van der Waals surface area contributed by atoms with Crippen LogP contribution in [0.15, 0.2) is 18.2 Å². The van der Waals surface area contributed by atoms with Crippen LogP contribution in [0, 0.1) is 17.2 Å². The molecule has 1 atom stereocenters. The topological polar surface area (TPSA) is 70.4 Å². The van der Waals surface area contributed by atoms with Gasteiger partial charge in [0.1, 0.15) is 11.8 Å². The standard InChI is InChI=1S/C15H16N2O3S/c1-10(18)21-9-11-5-15(19)17(8-11)14-4-3-13(20-2)6-12(14)7-16/h3-4,6,11H,5,8-9H2,1-2H3. The smallest absolute Gasteiger partial charge is 0.227 e. The zero-order chi connectivity index (χ0) is 15.4. The van der Waals surface area contributed by atoms with E-state index in [9.17, 15) is 14.9 Å². The minimum atomic E-state index is -0.00850. The average molecular weight is 304 g/mol. The first-order valence-electron chi connectivity index (χ1n) is 6.57. The molecule has 1 aromatic carbocycles. The van der Waals surface area contributed by atoms with Gasteiger partial charge in [0.15, 0.2) is 5.12 Å². The van der Waals surface area contributed by atoms with E-state index < -0.39 is 0 Å². The highest BCUT2D eigenvalue weighted by molar-refractivity contribution is 8.13. The van der Waals surface area contributed by atoms with Crippen molar-refractivity contribution in [3.05, 3.63) is 23.8 Å². The molecule has 1 aliphatic rings. The second-order valence-corrected chi connectivity index (χ2v) is 6.07. The van der Waals surface area contributed by atoms with Gasteiger partial charge < -0.3 is 9.64 Å². The molecule has 1 fully saturated rings. The third-order valence-electron chi connectivity index (χ3n) is 3.34. The molecule has 0 bridgehead atoms. The predicted octanol–water partition coefficient (Wildman–Crippen LogP) is 2.20. The Bertz CT molecular complexity index is 609. The summed E-state index contributed by atoms with van der Waals surface area (Å²) in [7, 11) is 1.53. The number of anilines is 1. The molecule has 0 N–H and O–H groups in total. The van der Waals surface area contributed by atoms with E-state index in [1.807, 2.05) is 0 Å². The minimum Gasteiger partial charge on any atom is -0.497 e. The molecule has 0 saturated carbocycles. The Labute approximate surface area is 127 Å². The Morgan fingerprint density at radius 2 is 2.33 bits per heavy atom. The van der Waals surface area contributed by atoms with Gasteiger partial charge in [-0.2, -0.15) is 5.26 Å². The van der Waals surface area contributed by atoms with Crippen LogP contribution in [-0.4, -0.2) is 30.4 Å². The Morgan fingerprint density at radius 1 is 1.57 bits per heavy atom. The van der Waals surface area contributed by atoms with Crippen molar-refractivity contribution in [2.75, 3.05) is 24.3 Å². The van der Waals surface area contributed by atoms with Gasteiger partial charge in [-0.25, -0.2) is 0 Å². The molecule has 0 radical (unpaired) electrons. The normalized spacial score (nSPS) is 17.7. The molecule has 1 amide bonds. The van der Waals surface area contributed by atoms with Gasteiger partial charge >= 0.3 is 0 Å². The lowest BCUT2D eigenvalue weighted by molar-refractivity contribution is -0.117. The largest absolute Gasteiger partial charge is 0.497 e. The molecule has 0 aromatic heterocycles. The van der Waals surface area contributed by atoms with Gasteiger partial charge in [-0.05, 0) is 24.1 Å². The maximum Gasteiger partial charge on any atom is 0.227 e. The lowest BCUT2D eigenvalue weighted by atomic mass is 10.1. The van der Waals surface area contributed by atoms with Crippen LogP contribution in [0.3, 0.4) is 0 Å². The molecular weight excluding hydrogens is 288 g/mol. The van der Waals surface area contributed by atoms with Crippen molar-refractivity contribution in [1.29, 1.82) is 5.26 Å². The van der Waals surface area contributed by atoms with E-state index in [2.05, 4.69) is 6.07 Å². The molecule has 0 aliphatic carbocycles. The van der Waals surface area contributed by atoms with E-state index in [1.165, 1.54) is 25.8 Å². The first-order valence-corrected chi connectivity index (χ1v) is 7.55. The van der Waals surface area contributed by atoms with Crippen molar-refractivity contribution < 1.29 is 14.3 Å². The second kappa shape index (κ2) is 6.64. The number of carbonyl (C=O) groups is 2. The number of ether oxygens (including phenoxy) is 1. The summed E-state index contributed by atoms with van der Waals surface area (Å²) >= 11 is 1.24. The van der Waals surface area contributed by atoms with Gasteiger partial charge in [0.2, 0.25) is 5.91 Å². The van der Waals surface area contributed by atoms with Gasteiger partial charge in [-0.3, -0.25) is 9.59 Å². The number of nitriles is 1. The van der Waals surface area contributed by atoms with Crippen molar-refractivity contribution in [2.45, 2.75) is 13.3 Å². The number of nitrogens with zero attached hydrogens (tertiary/aromatic N) is 2. The Hall–Kier alpha value is -2.00. The van der Waals surface area contributed by atoms with E-state index in [-0.39, 0.29) is 16.9 Å². The van der Waals surface area contributed by atoms with E-state index in [0.29, 0.717) is 35.7 Å². The van der Waals surface area contributed by atoms with Crippen LogP contribution < -0.4 is 9.64 Å². The van der Waals surface area contributed by atoms with Crippen molar-refractivity contribution in [3.8, 4) is 11.8 Å². The molecule has 1 aliphatic heterocycles. The maximum atomic E-state index is 12.1. The monoisotopic (exact) mass is 304 g/mol. The number of hydrogen-bond donors (Lipinski definition) is 0. The second-order valence-electron chi connectivity index (χ2n) is 4.87. The fraction of sp³-hybridized carbons (Fsp3) is 0.400. The molecule has 6 heteroatoms. The van der Waals surface area contributed by atoms with Gasteiger partial charge in [0.05, 0.1) is 18.4 Å². The van der Waals surface area contributed by atoms with Crippen LogP contribution in [0.5, 0.6) is 5.75 Å². The third kappa shape index (κ3) is 3.56. The molecule has 1 unspecified atom stereocenters. The summed E-state index contributed by atoms with van der Waals surface area (Å²) in [5, 5.41) is 9.29. The van der Waals surface area contributed by atoms with Crippen molar-refractivity contribution in [2.24, 2.45) is 5.92 Å². The molecule has 1 aromatic rings. The fourth-order valence-electron chi connectivity index (χ4n) is 2.33. The number of thioether (sulfide) groups is 1. The third-order valence-corrected chi connectivity index (χ3v) is 4.39.